The molecule has 3 aromatic rings. The van der Waals surface area contributed by atoms with Crippen LogP contribution in [0.25, 0.3) is 5.57 Å². The van der Waals surface area contributed by atoms with Crippen LogP contribution in [0.3, 0.4) is 0 Å². The second kappa shape index (κ2) is 8.20. The molecule has 0 atom stereocenters. The van der Waals surface area contributed by atoms with Gasteiger partial charge >= 0.3 is 0 Å². The van der Waals surface area contributed by atoms with Gasteiger partial charge in [0.15, 0.2) is 11.6 Å². The Morgan fingerprint density at radius 3 is 2.32 bits per heavy atom. The molecule has 5 nitrogen and oxygen atoms in total. The molecule has 2 amide bonds. The van der Waals surface area contributed by atoms with E-state index in [1.54, 1.807) is 48.5 Å². The second-order valence-electron chi connectivity index (χ2n) is 6.66. The zero-order chi connectivity index (χ0) is 22.1. The topological polar surface area (TPSA) is 58.6 Å². The minimum absolute atomic E-state index is 0.00897. The number of benzene rings is 3. The molecule has 0 saturated carbocycles. The number of carbonyl (C=O) groups excluding carboxylic acids is 2. The van der Waals surface area contributed by atoms with E-state index in [0.717, 1.165) is 17.0 Å². The maximum atomic E-state index is 13.8. The highest BCUT2D eigenvalue weighted by Gasteiger charge is 2.40. The van der Waals surface area contributed by atoms with Crippen molar-refractivity contribution < 1.29 is 23.1 Å². The number of ether oxygens (including phenoxy) is 1. The fourth-order valence-electron chi connectivity index (χ4n) is 3.23. The first-order chi connectivity index (χ1) is 14.9. The third kappa shape index (κ3) is 3.87. The molecule has 0 radical (unpaired) electrons. The molecule has 0 aliphatic carbocycles. The third-order valence-corrected chi connectivity index (χ3v) is 4.97. The molecular formula is C23H15ClF2N2O3. The number of halogens is 3. The average Bonchev–Trinajstić information content (AvgIpc) is 3.00. The maximum absolute atomic E-state index is 13.8. The van der Waals surface area contributed by atoms with Crippen LogP contribution in [0.5, 0.6) is 5.75 Å². The molecule has 0 saturated heterocycles. The number of amides is 2. The number of hydrogen-bond donors (Lipinski definition) is 1. The molecule has 3 aromatic carbocycles. The Morgan fingerprint density at radius 1 is 0.903 bits per heavy atom. The molecule has 0 spiro atoms. The number of methoxy groups -OCH3 is 1. The smallest absolute Gasteiger partial charge is 0.282 e. The normalized spacial score (nSPS) is 13.7. The van der Waals surface area contributed by atoms with E-state index in [-0.39, 0.29) is 17.0 Å². The van der Waals surface area contributed by atoms with Gasteiger partial charge in [0, 0.05) is 22.8 Å². The van der Waals surface area contributed by atoms with Crippen LogP contribution in [0, 0.1) is 11.6 Å². The summed E-state index contributed by atoms with van der Waals surface area (Å²) < 4.78 is 32.4. The fraction of sp³-hybridized carbons (Fsp3) is 0.0435. The molecule has 0 fully saturated rings. The third-order valence-electron chi connectivity index (χ3n) is 4.72. The van der Waals surface area contributed by atoms with Crippen LogP contribution in [0.4, 0.5) is 20.2 Å². The summed E-state index contributed by atoms with van der Waals surface area (Å²) in [6, 6.07) is 16.0. The quantitative estimate of drug-likeness (QED) is 0.566. The summed E-state index contributed by atoms with van der Waals surface area (Å²) in [5.41, 5.74) is 0.940. The Labute approximate surface area is 181 Å². The highest BCUT2D eigenvalue weighted by atomic mass is 35.5. The molecular weight excluding hydrogens is 426 g/mol. The van der Waals surface area contributed by atoms with Crippen molar-refractivity contribution in [1.82, 2.24) is 0 Å². The largest absolute Gasteiger partial charge is 0.497 e. The summed E-state index contributed by atoms with van der Waals surface area (Å²) in [4.78, 5) is 27.3. The summed E-state index contributed by atoms with van der Waals surface area (Å²) in [5.74, 6) is -3.08. The van der Waals surface area contributed by atoms with Crippen LogP contribution in [-0.2, 0) is 9.59 Å². The van der Waals surface area contributed by atoms with Crippen molar-refractivity contribution in [3.05, 3.63) is 94.6 Å². The lowest BCUT2D eigenvalue weighted by Gasteiger charge is -2.15. The van der Waals surface area contributed by atoms with Gasteiger partial charge in [0.1, 0.15) is 11.4 Å². The molecule has 31 heavy (non-hydrogen) atoms. The summed E-state index contributed by atoms with van der Waals surface area (Å²) in [5, 5.41) is 3.43. The molecule has 1 N–H and O–H groups in total. The van der Waals surface area contributed by atoms with Gasteiger partial charge in [-0.3, -0.25) is 9.59 Å². The average molecular weight is 441 g/mol. The minimum atomic E-state index is -1.17. The van der Waals surface area contributed by atoms with Crippen LogP contribution >= 0.6 is 11.6 Å². The first-order valence-electron chi connectivity index (χ1n) is 9.14. The van der Waals surface area contributed by atoms with Crippen molar-refractivity contribution in [2.24, 2.45) is 0 Å². The fourth-order valence-corrected chi connectivity index (χ4v) is 3.36. The Hall–Kier alpha value is -3.71. The van der Waals surface area contributed by atoms with E-state index in [9.17, 15) is 18.4 Å². The van der Waals surface area contributed by atoms with E-state index in [1.807, 2.05) is 0 Å². The van der Waals surface area contributed by atoms with Crippen molar-refractivity contribution in [2.45, 2.75) is 0 Å². The summed E-state index contributed by atoms with van der Waals surface area (Å²) in [6.45, 7) is 0. The first-order valence-corrected chi connectivity index (χ1v) is 9.52. The number of nitrogens with zero attached hydrogens (tertiary/aromatic N) is 1. The first kappa shape index (κ1) is 20.6. The van der Waals surface area contributed by atoms with E-state index >= 15 is 0 Å². The Bertz CT molecular complexity index is 1230. The van der Waals surface area contributed by atoms with Crippen molar-refractivity contribution in [1.29, 1.82) is 0 Å². The Morgan fingerprint density at radius 2 is 1.65 bits per heavy atom. The van der Waals surface area contributed by atoms with Gasteiger partial charge in [0.2, 0.25) is 0 Å². The van der Waals surface area contributed by atoms with Gasteiger partial charge in [-0.25, -0.2) is 13.7 Å². The lowest BCUT2D eigenvalue weighted by atomic mass is 10.0. The Balaban J connectivity index is 1.82. The lowest BCUT2D eigenvalue weighted by Crippen LogP contribution is -2.32. The number of carbonyl (C=O) groups is 2. The minimum Gasteiger partial charge on any atom is -0.497 e. The molecule has 1 aliphatic heterocycles. The molecule has 0 unspecified atom stereocenters. The standard InChI is InChI=1S/C23H15ClF2N2O3/c1-31-17-4-2-3-15(11-17)27-21-20(13-5-7-14(24)8-6-13)22(29)28(23(21)30)16-9-10-18(25)19(26)12-16/h2-12,27H,1H3. The van der Waals surface area contributed by atoms with Crippen LogP contribution < -0.4 is 15.0 Å². The molecule has 0 bridgehead atoms. The van der Waals surface area contributed by atoms with Crippen LogP contribution in [-0.4, -0.2) is 18.9 Å². The SMILES string of the molecule is COc1cccc(NC2=C(c3ccc(Cl)cc3)C(=O)N(c3ccc(F)c(F)c3)C2=O)c1. The van der Waals surface area contributed by atoms with Crippen molar-refractivity contribution >= 4 is 40.4 Å². The predicted molar refractivity (Wildman–Crippen MR) is 114 cm³/mol. The summed E-state index contributed by atoms with van der Waals surface area (Å²) in [7, 11) is 1.51. The summed E-state index contributed by atoms with van der Waals surface area (Å²) >= 11 is 5.95. The van der Waals surface area contributed by atoms with Gasteiger partial charge in [-0.2, -0.15) is 0 Å². The predicted octanol–water partition coefficient (Wildman–Crippen LogP) is 5.02. The zero-order valence-electron chi connectivity index (χ0n) is 16.2. The maximum Gasteiger partial charge on any atom is 0.282 e. The van der Waals surface area contributed by atoms with Gasteiger partial charge in [0.05, 0.1) is 18.4 Å². The number of rotatable bonds is 5. The zero-order valence-corrected chi connectivity index (χ0v) is 16.9. The summed E-state index contributed by atoms with van der Waals surface area (Å²) in [6.07, 6.45) is 0. The van der Waals surface area contributed by atoms with Crippen LogP contribution in [0.15, 0.2) is 72.4 Å². The van der Waals surface area contributed by atoms with Crippen molar-refractivity contribution in [3.8, 4) is 5.75 Å². The number of imide groups is 1. The van der Waals surface area contributed by atoms with Crippen LogP contribution in [0.1, 0.15) is 5.56 Å². The van der Waals surface area contributed by atoms with Gasteiger partial charge in [0.25, 0.3) is 11.8 Å². The van der Waals surface area contributed by atoms with Gasteiger partial charge in [-0.15, -0.1) is 0 Å². The number of hydrogen-bond acceptors (Lipinski definition) is 4. The highest BCUT2D eigenvalue weighted by molar-refractivity contribution is 6.46. The lowest BCUT2D eigenvalue weighted by molar-refractivity contribution is -0.120. The van der Waals surface area contributed by atoms with Gasteiger partial charge in [-0.05, 0) is 42.0 Å². The van der Waals surface area contributed by atoms with Gasteiger partial charge < -0.3 is 10.1 Å². The van der Waals surface area contributed by atoms with Gasteiger partial charge in [-0.1, -0.05) is 29.8 Å². The number of nitrogens with one attached hydrogen (secondary N) is 1. The molecule has 4 rings (SSSR count). The molecule has 1 heterocycles. The van der Waals surface area contributed by atoms with Crippen molar-refractivity contribution in [3.63, 3.8) is 0 Å². The molecule has 8 heteroatoms. The monoisotopic (exact) mass is 440 g/mol. The highest BCUT2D eigenvalue weighted by Crippen LogP contribution is 2.35. The second-order valence-corrected chi connectivity index (χ2v) is 7.09. The van der Waals surface area contributed by atoms with E-state index in [0.29, 0.717) is 22.0 Å². The molecule has 1 aliphatic rings. The number of anilines is 2. The molecule has 0 aromatic heterocycles. The molecule has 156 valence electrons. The van der Waals surface area contributed by atoms with Crippen LogP contribution in [0.2, 0.25) is 5.02 Å². The van der Waals surface area contributed by atoms with E-state index in [2.05, 4.69) is 5.32 Å². The Kier molecular flexibility index (Phi) is 5.44. The van der Waals surface area contributed by atoms with E-state index in [1.165, 1.54) is 13.2 Å². The van der Waals surface area contributed by atoms with E-state index in [4.69, 9.17) is 16.3 Å². The van der Waals surface area contributed by atoms with E-state index < -0.39 is 23.4 Å². The van der Waals surface area contributed by atoms with Crippen molar-refractivity contribution in [2.75, 3.05) is 17.3 Å².